The van der Waals surface area contributed by atoms with Crippen molar-refractivity contribution in [1.82, 2.24) is 0 Å². The fourth-order valence-corrected chi connectivity index (χ4v) is 2.83. The molecule has 4 heteroatoms. The summed E-state index contributed by atoms with van der Waals surface area (Å²) in [5.41, 5.74) is 1.20. The molecule has 0 saturated carbocycles. The van der Waals surface area contributed by atoms with Gasteiger partial charge in [-0.25, -0.2) is 0 Å². The van der Waals surface area contributed by atoms with E-state index in [2.05, 4.69) is 0 Å². The van der Waals surface area contributed by atoms with Gasteiger partial charge in [0.05, 0.1) is 11.8 Å². The summed E-state index contributed by atoms with van der Waals surface area (Å²) in [6.45, 7) is 0. The van der Waals surface area contributed by atoms with Crippen LogP contribution in [0.1, 0.15) is 23.0 Å². The van der Waals surface area contributed by atoms with Crippen molar-refractivity contribution in [2.24, 2.45) is 0 Å². The average molecular weight is 242 g/mol. The SMILES string of the molecule is O=C(O)[C@@H]1c2cccc3cccc(c23)[C@H]1C(=O)O. The van der Waals surface area contributed by atoms with Gasteiger partial charge in [-0.2, -0.15) is 0 Å². The summed E-state index contributed by atoms with van der Waals surface area (Å²) >= 11 is 0. The predicted octanol–water partition coefficient (Wildman–Crippen LogP) is 2.19. The van der Waals surface area contributed by atoms with Gasteiger partial charge in [0.15, 0.2) is 0 Å². The molecule has 0 bridgehead atoms. The van der Waals surface area contributed by atoms with E-state index in [4.69, 9.17) is 0 Å². The molecule has 0 spiro atoms. The Morgan fingerprint density at radius 3 is 1.67 bits per heavy atom. The van der Waals surface area contributed by atoms with E-state index < -0.39 is 23.8 Å². The lowest BCUT2D eigenvalue weighted by atomic mass is 9.90. The molecule has 0 radical (unpaired) electrons. The molecule has 0 fully saturated rings. The lowest BCUT2D eigenvalue weighted by Gasteiger charge is -2.12. The Morgan fingerprint density at radius 1 is 0.833 bits per heavy atom. The Balaban J connectivity index is 2.38. The van der Waals surface area contributed by atoms with Gasteiger partial charge in [0, 0.05) is 0 Å². The summed E-state index contributed by atoms with van der Waals surface area (Å²) in [5.74, 6) is -4.18. The Bertz CT molecular complexity index is 620. The van der Waals surface area contributed by atoms with Gasteiger partial charge in [0.1, 0.15) is 0 Å². The predicted molar refractivity (Wildman–Crippen MR) is 64.7 cm³/mol. The summed E-state index contributed by atoms with van der Waals surface area (Å²) in [5, 5.41) is 20.3. The van der Waals surface area contributed by atoms with E-state index in [0.717, 1.165) is 10.8 Å². The van der Waals surface area contributed by atoms with Gasteiger partial charge in [0.25, 0.3) is 0 Å². The third kappa shape index (κ3) is 1.26. The molecule has 2 atom stereocenters. The van der Waals surface area contributed by atoms with Crippen molar-refractivity contribution in [2.45, 2.75) is 11.8 Å². The van der Waals surface area contributed by atoms with Crippen LogP contribution in [0.3, 0.4) is 0 Å². The van der Waals surface area contributed by atoms with E-state index in [-0.39, 0.29) is 0 Å². The van der Waals surface area contributed by atoms with Crippen LogP contribution in [-0.4, -0.2) is 22.2 Å². The average Bonchev–Trinajstić information content (AvgIpc) is 2.67. The summed E-state index contributed by atoms with van der Waals surface area (Å²) in [6.07, 6.45) is 0. The fraction of sp³-hybridized carbons (Fsp3) is 0.143. The Kier molecular flexibility index (Phi) is 2.13. The number of carboxylic acid groups (broad SMARTS) is 2. The molecule has 3 rings (SSSR count). The zero-order valence-corrected chi connectivity index (χ0v) is 9.33. The topological polar surface area (TPSA) is 74.6 Å². The minimum absolute atomic E-state index is 0.600. The van der Waals surface area contributed by atoms with Crippen molar-refractivity contribution in [2.75, 3.05) is 0 Å². The van der Waals surface area contributed by atoms with Crippen molar-refractivity contribution in [3.8, 4) is 0 Å². The Labute approximate surface area is 102 Å². The summed E-state index contributed by atoms with van der Waals surface area (Å²) in [6, 6.07) is 10.7. The number of aliphatic carboxylic acids is 2. The van der Waals surface area contributed by atoms with Gasteiger partial charge < -0.3 is 10.2 Å². The Hall–Kier alpha value is -2.36. The molecule has 0 aromatic heterocycles. The Morgan fingerprint density at radius 2 is 1.28 bits per heavy atom. The maximum atomic E-state index is 11.4. The maximum Gasteiger partial charge on any atom is 0.312 e. The lowest BCUT2D eigenvalue weighted by molar-refractivity contribution is -0.146. The molecule has 0 aliphatic heterocycles. The first-order valence-electron chi connectivity index (χ1n) is 5.58. The zero-order chi connectivity index (χ0) is 12.9. The van der Waals surface area contributed by atoms with Gasteiger partial charge in [-0.05, 0) is 21.9 Å². The van der Waals surface area contributed by atoms with Gasteiger partial charge >= 0.3 is 11.9 Å². The second kappa shape index (κ2) is 3.57. The van der Waals surface area contributed by atoms with Crippen LogP contribution in [0.2, 0.25) is 0 Å². The molecule has 0 heterocycles. The molecule has 2 N–H and O–H groups in total. The van der Waals surface area contributed by atoms with E-state index in [1.165, 1.54) is 0 Å². The smallest absolute Gasteiger partial charge is 0.312 e. The van der Waals surface area contributed by atoms with Crippen LogP contribution in [0.5, 0.6) is 0 Å². The molecule has 0 unspecified atom stereocenters. The van der Waals surface area contributed by atoms with Crippen LogP contribution in [0.25, 0.3) is 10.8 Å². The van der Waals surface area contributed by atoms with Gasteiger partial charge in [0.2, 0.25) is 0 Å². The van der Waals surface area contributed by atoms with Crippen molar-refractivity contribution < 1.29 is 19.8 Å². The summed E-state index contributed by atoms with van der Waals surface area (Å²) in [7, 11) is 0. The standard InChI is InChI=1S/C14H10O4/c15-13(16)11-8-5-1-3-7-4-2-6-9(10(7)8)12(11)14(17)18/h1-6,11-12H,(H,15,16)(H,17,18)/t11-,12-/m1/s1. The normalized spacial score (nSPS) is 21.1. The van der Waals surface area contributed by atoms with Crippen molar-refractivity contribution in [3.05, 3.63) is 47.5 Å². The zero-order valence-electron chi connectivity index (χ0n) is 9.33. The highest BCUT2D eigenvalue weighted by molar-refractivity contribution is 6.03. The maximum absolute atomic E-state index is 11.4. The quantitative estimate of drug-likeness (QED) is 0.846. The van der Waals surface area contributed by atoms with Crippen molar-refractivity contribution in [1.29, 1.82) is 0 Å². The highest BCUT2D eigenvalue weighted by Crippen LogP contribution is 2.46. The summed E-state index contributed by atoms with van der Waals surface area (Å²) < 4.78 is 0. The van der Waals surface area contributed by atoms with E-state index in [0.29, 0.717) is 11.1 Å². The number of rotatable bonds is 2. The van der Waals surface area contributed by atoms with E-state index >= 15 is 0 Å². The molecule has 2 aromatic rings. The van der Waals surface area contributed by atoms with Crippen LogP contribution in [0.15, 0.2) is 36.4 Å². The van der Waals surface area contributed by atoms with Crippen LogP contribution in [0, 0.1) is 0 Å². The van der Waals surface area contributed by atoms with Crippen molar-refractivity contribution in [3.63, 3.8) is 0 Å². The molecule has 4 nitrogen and oxygen atoms in total. The first-order valence-corrected chi connectivity index (χ1v) is 5.58. The third-order valence-electron chi connectivity index (χ3n) is 3.50. The molecular weight excluding hydrogens is 232 g/mol. The summed E-state index contributed by atoms with van der Waals surface area (Å²) in [4.78, 5) is 22.7. The van der Waals surface area contributed by atoms with E-state index in [9.17, 15) is 19.8 Å². The minimum atomic E-state index is -1.09. The second-order valence-corrected chi connectivity index (χ2v) is 4.42. The molecule has 18 heavy (non-hydrogen) atoms. The third-order valence-corrected chi connectivity index (χ3v) is 3.50. The van der Waals surface area contributed by atoms with Gasteiger partial charge in [-0.1, -0.05) is 36.4 Å². The number of carboxylic acids is 2. The van der Waals surface area contributed by atoms with E-state index in [1.807, 2.05) is 12.1 Å². The number of carbonyl (C=O) groups is 2. The van der Waals surface area contributed by atoms with Gasteiger partial charge in [-0.15, -0.1) is 0 Å². The van der Waals surface area contributed by atoms with E-state index in [1.54, 1.807) is 24.3 Å². The molecule has 0 amide bonds. The number of hydrogen-bond donors (Lipinski definition) is 2. The number of hydrogen-bond acceptors (Lipinski definition) is 2. The van der Waals surface area contributed by atoms with Crippen LogP contribution in [0.4, 0.5) is 0 Å². The molecular formula is C14H10O4. The fourth-order valence-electron chi connectivity index (χ4n) is 2.83. The minimum Gasteiger partial charge on any atom is -0.481 e. The lowest BCUT2D eigenvalue weighted by Crippen LogP contribution is -2.22. The van der Waals surface area contributed by atoms with Crippen LogP contribution >= 0.6 is 0 Å². The highest BCUT2D eigenvalue weighted by atomic mass is 16.4. The first-order chi connectivity index (χ1) is 8.61. The van der Waals surface area contributed by atoms with Gasteiger partial charge in [-0.3, -0.25) is 9.59 Å². The second-order valence-electron chi connectivity index (χ2n) is 4.42. The monoisotopic (exact) mass is 242 g/mol. The van der Waals surface area contributed by atoms with Crippen molar-refractivity contribution >= 4 is 22.7 Å². The molecule has 1 aliphatic rings. The van der Waals surface area contributed by atoms with Crippen LogP contribution in [-0.2, 0) is 9.59 Å². The molecule has 1 aliphatic carbocycles. The molecule has 2 aromatic carbocycles. The molecule has 90 valence electrons. The largest absolute Gasteiger partial charge is 0.481 e. The molecule has 0 saturated heterocycles. The number of benzene rings is 2. The van der Waals surface area contributed by atoms with Crippen LogP contribution < -0.4 is 0 Å². The highest BCUT2D eigenvalue weighted by Gasteiger charge is 2.43. The first kappa shape index (κ1) is 10.8.